The standard InChI is InChI=1S/C27H23N5O3S/c1-34-20-12-14-21(15-13-20)35-17-25-30-31-27(32(25)19-7-3-2-4-8-19)36-18-26(33)29-24-11-5-10-23-22(24)9-6-16-28-23/h2-16H,17-18H2,1H3,(H,29,33). The second-order valence-electron chi connectivity index (χ2n) is 7.75. The van der Waals surface area contributed by atoms with Gasteiger partial charge in [-0.1, -0.05) is 36.0 Å². The van der Waals surface area contributed by atoms with E-state index in [2.05, 4.69) is 20.5 Å². The number of hydrogen-bond acceptors (Lipinski definition) is 7. The van der Waals surface area contributed by atoms with Crippen LogP contribution in [0.25, 0.3) is 16.6 Å². The number of carbonyl (C=O) groups is 1. The van der Waals surface area contributed by atoms with Gasteiger partial charge in [-0.3, -0.25) is 14.3 Å². The van der Waals surface area contributed by atoms with Crippen LogP contribution in [0.3, 0.4) is 0 Å². The lowest BCUT2D eigenvalue weighted by molar-refractivity contribution is -0.113. The molecule has 0 aliphatic rings. The number of rotatable bonds is 9. The number of ether oxygens (including phenoxy) is 2. The van der Waals surface area contributed by atoms with Crippen LogP contribution in [-0.2, 0) is 11.4 Å². The number of aromatic nitrogens is 4. The predicted octanol–water partition coefficient (Wildman–Crippen LogP) is 5.13. The van der Waals surface area contributed by atoms with Crippen LogP contribution in [0.2, 0.25) is 0 Å². The second kappa shape index (κ2) is 10.9. The Hall–Kier alpha value is -4.37. The molecule has 180 valence electrons. The maximum Gasteiger partial charge on any atom is 0.234 e. The predicted molar refractivity (Wildman–Crippen MR) is 140 cm³/mol. The summed E-state index contributed by atoms with van der Waals surface area (Å²) < 4.78 is 13.0. The molecule has 0 aliphatic heterocycles. The molecule has 0 aliphatic carbocycles. The normalized spacial score (nSPS) is 10.8. The number of nitrogens with zero attached hydrogens (tertiary/aromatic N) is 4. The monoisotopic (exact) mass is 497 g/mol. The molecule has 0 fully saturated rings. The van der Waals surface area contributed by atoms with E-state index >= 15 is 0 Å². The molecule has 0 saturated carbocycles. The first kappa shape index (κ1) is 23.4. The van der Waals surface area contributed by atoms with E-state index in [0.717, 1.165) is 28.0 Å². The van der Waals surface area contributed by atoms with Crippen molar-refractivity contribution in [2.45, 2.75) is 11.8 Å². The fourth-order valence-electron chi connectivity index (χ4n) is 3.67. The molecule has 0 bridgehead atoms. The van der Waals surface area contributed by atoms with Crippen molar-refractivity contribution in [1.29, 1.82) is 0 Å². The number of pyridine rings is 1. The van der Waals surface area contributed by atoms with Gasteiger partial charge in [0.15, 0.2) is 11.0 Å². The molecule has 2 heterocycles. The van der Waals surface area contributed by atoms with E-state index in [0.29, 0.717) is 16.7 Å². The average molecular weight is 498 g/mol. The molecule has 5 rings (SSSR count). The van der Waals surface area contributed by atoms with Gasteiger partial charge < -0.3 is 14.8 Å². The van der Waals surface area contributed by atoms with Gasteiger partial charge in [-0.05, 0) is 60.7 Å². The first-order chi connectivity index (χ1) is 17.7. The topological polar surface area (TPSA) is 91.2 Å². The third-order valence-corrected chi connectivity index (χ3v) is 6.32. The molecule has 0 atom stereocenters. The number of carbonyl (C=O) groups excluding carboxylic acids is 1. The quantitative estimate of drug-likeness (QED) is 0.282. The minimum Gasteiger partial charge on any atom is -0.497 e. The van der Waals surface area contributed by atoms with Crippen molar-refractivity contribution in [3.8, 4) is 17.2 Å². The van der Waals surface area contributed by atoms with Crippen LogP contribution in [0.5, 0.6) is 11.5 Å². The molecule has 0 unspecified atom stereocenters. The van der Waals surface area contributed by atoms with Crippen LogP contribution in [0.4, 0.5) is 5.69 Å². The molecule has 5 aromatic rings. The fraction of sp³-hybridized carbons (Fsp3) is 0.111. The molecule has 1 amide bonds. The molecule has 2 aromatic heterocycles. The van der Waals surface area contributed by atoms with Crippen LogP contribution in [0, 0.1) is 0 Å². The SMILES string of the molecule is COc1ccc(OCc2nnc(SCC(=O)Nc3cccc4ncccc34)n2-c2ccccc2)cc1. The van der Waals surface area contributed by atoms with Crippen molar-refractivity contribution >= 4 is 34.3 Å². The number of benzene rings is 3. The summed E-state index contributed by atoms with van der Waals surface area (Å²) in [7, 11) is 1.62. The number of para-hydroxylation sites is 1. The second-order valence-corrected chi connectivity index (χ2v) is 8.69. The van der Waals surface area contributed by atoms with E-state index in [1.54, 1.807) is 13.3 Å². The summed E-state index contributed by atoms with van der Waals surface area (Å²) in [5, 5.41) is 13.2. The number of anilines is 1. The summed E-state index contributed by atoms with van der Waals surface area (Å²) in [4.78, 5) is 17.1. The number of amides is 1. The molecule has 1 N–H and O–H groups in total. The minimum absolute atomic E-state index is 0.144. The fourth-order valence-corrected chi connectivity index (χ4v) is 4.44. The number of fused-ring (bicyclic) bond motifs is 1. The highest BCUT2D eigenvalue weighted by Crippen LogP contribution is 2.25. The van der Waals surface area contributed by atoms with E-state index in [1.807, 2.05) is 89.5 Å². The molecule has 0 saturated heterocycles. The number of hydrogen-bond donors (Lipinski definition) is 1. The maximum atomic E-state index is 12.8. The van der Waals surface area contributed by atoms with Crippen molar-refractivity contribution in [2.24, 2.45) is 0 Å². The van der Waals surface area contributed by atoms with Crippen molar-refractivity contribution in [2.75, 3.05) is 18.2 Å². The molecule has 0 spiro atoms. The largest absolute Gasteiger partial charge is 0.497 e. The number of thioether (sulfide) groups is 1. The summed E-state index contributed by atoms with van der Waals surface area (Å²) in [5.74, 6) is 2.10. The van der Waals surface area contributed by atoms with Crippen LogP contribution in [0.1, 0.15) is 5.82 Å². The van der Waals surface area contributed by atoms with E-state index in [9.17, 15) is 4.79 Å². The summed E-state index contributed by atoms with van der Waals surface area (Å²) >= 11 is 1.31. The number of methoxy groups -OCH3 is 1. The van der Waals surface area contributed by atoms with Gasteiger partial charge in [0, 0.05) is 17.3 Å². The van der Waals surface area contributed by atoms with Gasteiger partial charge in [0.1, 0.15) is 18.1 Å². The van der Waals surface area contributed by atoms with Crippen molar-refractivity contribution < 1.29 is 14.3 Å². The molecule has 8 nitrogen and oxygen atoms in total. The smallest absolute Gasteiger partial charge is 0.234 e. The Labute approximate surface area is 212 Å². The van der Waals surface area contributed by atoms with Gasteiger partial charge in [-0.2, -0.15) is 0 Å². The Morgan fingerprint density at radius 1 is 0.917 bits per heavy atom. The van der Waals surface area contributed by atoms with Gasteiger partial charge in [0.2, 0.25) is 5.91 Å². The highest BCUT2D eigenvalue weighted by Gasteiger charge is 2.17. The summed E-state index contributed by atoms with van der Waals surface area (Å²) in [6.07, 6.45) is 1.73. The van der Waals surface area contributed by atoms with E-state index in [4.69, 9.17) is 9.47 Å². The molecule has 3 aromatic carbocycles. The Balaban J connectivity index is 1.31. The van der Waals surface area contributed by atoms with Crippen molar-refractivity contribution in [3.05, 3.63) is 97.0 Å². The van der Waals surface area contributed by atoms with Gasteiger partial charge in [-0.25, -0.2) is 0 Å². The van der Waals surface area contributed by atoms with Crippen LogP contribution in [-0.4, -0.2) is 38.5 Å². The minimum atomic E-state index is -0.144. The highest BCUT2D eigenvalue weighted by molar-refractivity contribution is 7.99. The molecular weight excluding hydrogens is 474 g/mol. The zero-order chi connectivity index (χ0) is 24.7. The summed E-state index contributed by atoms with van der Waals surface area (Å²) in [6.45, 7) is 0.212. The third kappa shape index (κ3) is 5.31. The number of nitrogens with one attached hydrogen (secondary N) is 1. The molecule has 9 heteroatoms. The van der Waals surface area contributed by atoms with E-state index in [1.165, 1.54) is 11.8 Å². The van der Waals surface area contributed by atoms with Crippen LogP contribution >= 0.6 is 11.8 Å². The van der Waals surface area contributed by atoms with E-state index < -0.39 is 0 Å². The summed E-state index contributed by atoms with van der Waals surface area (Å²) in [5.41, 5.74) is 2.44. The van der Waals surface area contributed by atoms with E-state index in [-0.39, 0.29) is 18.3 Å². The van der Waals surface area contributed by atoms with Gasteiger partial charge in [0.05, 0.1) is 24.1 Å². The zero-order valence-corrected chi connectivity index (χ0v) is 20.3. The Kier molecular flexibility index (Phi) is 7.09. The molecular formula is C27H23N5O3S. The Morgan fingerprint density at radius 2 is 1.72 bits per heavy atom. The third-order valence-electron chi connectivity index (χ3n) is 5.39. The van der Waals surface area contributed by atoms with Crippen molar-refractivity contribution in [3.63, 3.8) is 0 Å². The zero-order valence-electron chi connectivity index (χ0n) is 19.5. The van der Waals surface area contributed by atoms with Gasteiger partial charge in [0.25, 0.3) is 0 Å². The van der Waals surface area contributed by atoms with Crippen molar-refractivity contribution in [1.82, 2.24) is 19.7 Å². The molecule has 0 radical (unpaired) electrons. The lowest BCUT2D eigenvalue weighted by atomic mass is 10.2. The Bertz CT molecular complexity index is 1470. The molecule has 36 heavy (non-hydrogen) atoms. The Morgan fingerprint density at radius 3 is 2.53 bits per heavy atom. The maximum absolute atomic E-state index is 12.8. The average Bonchev–Trinajstić information content (AvgIpc) is 3.34. The van der Waals surface area contributed by atoms with Crippen LogP contribution < -0.4 is 14.8 Å². The lowest BCUT2D eigenvalue weighted by Gasteiger charge is -2.12. The summed E-state index contributed by atoms with van der Waals surface area (Å²) in [6, 6.07) is 26.6. The highest BCUT2D eigenvalue weighted by atomic mass is 32.2. The van der Waals surface area contributed by atoms with Gasteiger partial charge in [-0.15, -0.1) is 10.2 Å². The first-order valence-electron chi connectivity index (χ1n) is 11.2. The van der Waals surface area contributed by atoms with Crippen LogP contribution in [0.15, 0.2) is 96.3 Å². The lowest BCUT2D eigenvalue weighted by Crippen LogP contribution is -2.15. The van der Waals surface area contributed by atoms with Gasteiger partial charge >= 0.3 is 0 Å². The first-order valence-corrected chi connectivity index (χ1v) is 12.2.